The van der Waals surface area contributed by atoms with E-state index in [1.807, 2.05) is 4.68 Å². The van der Waals surface area contributed by atoms with Crippen LogP contribution in [0.2, 0.25) is 0 Å². The molecular weight excluding hydrogens is 148 g/mol. The van der Waals surface area contributed by atoms with Crippen molar-refractivity contribution in [1.29, 1.82) is 0 Å². The van der Waals surface area contributed by atoms with Gasteiger partial charge in [0.25, 0.3) is 0 Å². The largest absolute Gasteiger partial charge is 0.272 e. The Balaban J connectivity index is 2.91. The minimum Gasteiger partial charge on any atom is -0.272 e. The predicted molar refractivity (Wildman–Crippen MR) is 51.3 cm³/mol. The summed E-state index contributed by atoms with van der Waals surface area (Å²) in [6.07, 6.45) is 3.29. The zero-order valence-corrected chi connectivity index (χ0v) is 8.46. The number of hydrogen-bond donors (Lipinski definition) is 0. The van der Waals surface area contributed by atoms with Gasteiger partial charge in [0.2, 0.25) is 0 Å². The number of aryl methyl sites for hydroxylation is 2. The molecule has 1 aromatic rings. The van der Waals surface area contributed by atoms with Gasteiger partial charge in [-0.15, -0.1) is 0 Å². The first-order valence-electron chi connectivity index (χ1n) is 4.73. The summed E-state index contributed by atoms with van der Waals surface area (Å²) in [5.41, 5.74) is 2.59. The molecule has 0 aliphatic carbocycles. The highest BCUT2D eigenvalue weighted by Crippen LogP contribution is 2.19. The van der Waals surface area contributed by atoms with Gasteiger partial charge in [-0.05, 0) is 25.8 Å². The first-order chi connectivity index (χ1) is 5.69. The molecule has 1 rings (SSSR count). The van der Waals surface area contributed by atoms with Gasteiger partial charge in [-0.25, -0.2) is 0 Å². The first kappa shape index (κ1) is 9.30. The first-order valence-corrected chi connectivity index (χ1v) is 4.73. The molecule has 0 fully saturated rings. The van der Waals surface area contributed by atoms with Gasteiger partial charge in [-0.1, -0.05) is 13.8 Å². The molecule has 2 nitrogen and oxygen atoms in total. The monoisotopic (exact) mass is 166 g/mol. The molecule has 1 aromatic heterocycles. The van der Waals surface area contributed by atoms with Crippen LogP contribution in [-0.4, -0.2) is 9.78 Å². The Labute approximate surface area is 74.6 Å². The molecule has 2 heteroatoms. The molecule has 0 saturated carbocycles. The van der Waals surface area contributed by atoms with Gasteiger partial charge >= 0.3 is 0 Å². The van der Waals surface area contributed by atoms with E-state index in [9.17, 15) is 0 Å². The summed E-state index contributed by atoms with van der Waals surface area (Å²) in [4.78, 5) is 0. The Kier molecular flexibility index (Phi) is 2.90. The molecular formula is C10H18N2. The van der Waals surface area contributed by atoms with Crippen molar-refractivity contribution >= 4 is 0 Å². The second-order valence-corrected chi connectivity index (χ2v) is 3.36. The number of hydrogen-bond acceptors (Lipinski definition) is 1. The summed E-state index contributed by atoms with van der Waals surface area (Å²) < 4.78 is 2.01. The minimum absolute atomic E-state index is 0.595. The van der Waals surface area contributed by atoms with Crippen LogP contribution in [0.25, 0.3) is 0 Å². The third-order valence-electron chi connectivity index (χ3n) is 2.39. The van der Waals surface area contributed by atoms with E-state index >= 15 is 0 Å². The zero-order valence-electron chi connectivity index (χ0n) is 8.46. The van der Waals surface area contributed by atoms with Gasteiger partial charge in [0, 0.05) is 18.7 Å². The van der Waals surface area contributed by atoms with Crippen LogP contribution in [0.15, 0.2) is 6.20 Å². The van der Waals surface area contributed by atoms with Crippen LogP contribution in [0.3, 0.4) is 0 Å². The highest BCUT2D eigenvalue weighted by Gasteiger charge is 2.10. The Bertz CT molecular complexity index is 250. The highest BCUT2D eigenvalue weighted by atomic mass is 15.3. The molecule has 0 aliphatic rings. The lowest BCUT2D eigenvalue weighted by atomic mass is 10.0. The van der Waals surface area contributed by atoms with Crippen molar-refractivity contribution in [3.05, 3.63) is 17.5 Å². The van der Waals surface area contributed by atoms with Crippen LogP contribution >= 0.6 is 0 Å². The van der Waals surface area contributed by atoms with Crippen molar-refractivity contribution in [2.75, 3.05) is 0 Å². The van der Waals surface area contributed by atoms with Crippen molar-refractivity contribution in [2.24, 2.45) is 0 Å². The van der Waals surface area contributed by atoms with E-state index in [1.165, 1.54) is 17.7 Å². The molecule has 0 aliphatic heterocycles. The van der Waals surface area contributed by atoms with Crippen molar-refractivity contribution in [3.63, 3.8) is 0 Å². The average molecular weight is 166 g/mol. The van der Waals surface area contributed by atoms with Gasteiger partial charge in [-0.3, -0.25) is 4.68 Å². The van der Waals surface area contributed by atoms with Crippen LogP contribution < -0.4 is 0 Å². The second kappa shape index (κ2) is 3.74. The number of aromatic nitrogens is 2. The average Bonchev–Trinajstić information content (AvgIpc) is 2.45. The Hall–Kier alpha value is -0.790. The lowest BCUT2D eigenvalue weighted by Crippen LogP contribution is -1.98. The molecule has 1 heterocycles. The van der Waals surface area contributed by atoms with Crippen LogP contribution in [-0.2, 0) is 6.54 Å². The van der Waals surface area contributed by atoms with Gasteiger partial charge in [0.1, 0.15) is 0 Å². The van der Waals surface area contributed by atoms with Crippen LogP contribution in [0.1, 0.15) is 44.4 Å². The van der Waals surface area contributed by atoms with Gasteiger partial charge in [-0.2, -0.15) is 5.10 Å². The molecule has 0 bridgehead atoms. The Morgan fingerprint density at radius 2 is 2.17 bits per heavy atom. The molecule has 12 heavy (non-hydrogen) atoms. The molecule has 1 unspecified atom stereocenters. The van der Waals surface area contributed by atoms with E-state index in [4.69, 9.17) is 0 Å². The molecule has 68 valence electrons. The van der Waals surface area contributed by atoms with Crippen molar-refractivity contribution in [2.45, 2.75) is 46.6 Å². The Morgan fingerprint density at radius 3 is 2.58 bits per heavy atom. The van der Waals surface area contributed by atoms with E-state index < -0.39 is 0 Å². The van der Waals surface area contributed by atoms with E-state index in [2.05, 4.69) is 39.0 Å². The quantitative estimate of drug-likeness (QED) is 0.675. The topological polar surface area (TPSA) is 17.8 Å². The van der Waals surface area contributed by atoms with Gasteiger partial charge < -0.3 is 0 Å². The second-order valence-electron chi connectivity index (χ2n) is 3.36. The number of nitrogens with zero attached hydrogens (tertiary/aromatic N) is 2. The molecule has 0 aromatic carbocycles. The summed E-state index contributed by atoms with van der Waals surface area (Å²) >= 11 is 0. The fourth-order valence-corrected chi connectivity index (χ4v) is 1.38. The minimum atomic E-state index is 0.595. The summed E-state index contributed by atoms with van der Waals surface area (Å²) in [5.74, 6) is 0.595. The SMILES string of the molecule is CCC(C)c1nn(CC)cc1C. The van der Waals surface area contributed by atoms with Crippen molar-refractivity contribution < 1.29 is 0 Å². The molecule has 0 amide bonds. The summed E-state index contributed by atoms with van der Waals surface area (Å²) in [5, 5.41) is 4.52. The zero-order chi connectivity index (χ0) is 9.14. The summed E-state index contributed by atoms with van der Waals surface area (Å²) in [6.45, 7) is 9.66. The summed E-state index contributed by atoms with van der Waals surface area (Å²) in [6, 6.07) is 0. The maximum atomic E-state index is 4.52. The third-order valence-corrected chi connectivity index (χ3v) is 2.39. The van der Waals surface area contributed by atoms with Crippen molar-refractivity contribution in [1.82, 2.24) is 9.78 Å². The maximum absolute atomic E-state index is 4.52. The van der Waals surface area contributed by atoms with Gasteiger partial charge in [0.15, 0.2) is 0 Å². The normalized spacial score (nSPS) is 13.3. The molecule has 0 N–H and O–H groups in total. The third kappa shape index (κ3) is 1.68. The maximum Gasteiger partial charge on any atom is 0.0681 e. The van der Waals surface area contributed by atoms with Gasteiger partial charge in [0.05, 0.1) is 5.69 Å². The fourth-order valence-electron chi connectivity index (χ4n) is 1.38. The molecule has 0 radical (unpaired) electrons. The lowest BCUT2D eigenvalue weighted by molar-refractivity contribution is 0.618. The van der Waals surface area contributed by atoms with E-state index in [0.717, 1.165) is 6.54 Å². The molecule has 1 atom stereocenters. The van der Waals surface area contributed by atoms with Crippen molar-refractivity contribution in [3.8, 4) is 0 Å². The van der Waals surface area contributed by atoms with E-state index in [-0.39, 0.29) is 0 Å². The number of rotatable bonds is 3. The predicted octanol–water partition coefficient (Wildman–Crippen LogP) is 2.72. The molecule has 0 saturated heterocycles. The van der Waals surface area contributed by atoms with E-state index in [1.54, 1.807) is 0 Å². The standard InChI is InChI=1S/C10H18N2/c1-5-8(3)10-9(4)7-12(6-2)11-10/h7-8H,5-6H2,1-4H3. The Morgan fingerprint density at radius 1 is 1.50 bits per heavy atom. The summed E-state index contributed by atoms with van der Waals surface area (Å²) in [7, 11) is 0. The lowest BCUT2D eigenvalue weighted by Gasteiger charge is -2.04. The van der Waals surface area contributed by atoms with Crippen LogP contribution in [0, 0.1) is 6.92 Å². The van der Waals surface area contributed by atoms with E-state index in [0.29, 0.717) is 5.92 Å². The van der Waals surface area contributed by atoms with Crippen LogP contribution in [0.5, 0.6) is 0 Å². The molecule has 0 spiro atoms. The fraction of sp³-hybridized carbons (Fsp3) is 0.700. The smallest absolute Gasteiger partial charge is 0.0681 e. The van der Waals surface area contributed by atoms with Crippen LogP contribution in [0.4, 0.5) is 0 Å². The highest BCUT2D eigenvalue weighted by molar-refractivity contribution is 5.18.